The summed E-state index contributed by atoms with van der Waals surface area (Å²) in [5.41, 5.74) is 0.151. The van der Waals surface area contributed by atoms with E-state index in [4.69, 9.17) is 0 Å². The highest BCUT2D eigenvalue weighted by Gasteiger charge is 2.31. The second kappa shape index (κ2) is 8.47. The average molecular weight is 457 g/mol. The molecule has 2 aromatic carbocycles. The number of nitrogens with one attached hydrogen (secondary N) is 2. The molecule has 144 valence electrons. The number of amides is 1. The van der Waals surface area contributed by atoms with Crippen LogP contribution in [0.5, 0.6) is 0 Å². The van der Waals surface area contributed by atoms with Crippen molar-refractivity contribution in [2.24, 2.45) is 0 Å². The van der Waals surface area contributed by atoms with E-state index in [2.05, 4.69) is 21.2 Å². The van der Waals surface area contributed by atoms with Crippen molar-refractivity contribution in [1.29, 1.82) is 0 Å². The van der Waals surface area contributed by atoms with Gasteiger partial charge in [-0.2, -0.15) is 4.31 Å². The summed E-state index contributed by atoms with van der Waals surface area (Å²) in [5, 5.41) is 2.56. The molecule has 0 unspecified atom stereocenters. The molecule has 6 nitrogen and oxygen atoms in total. The summed E-state index contributed by atoms with van der Waals surface area (Å²) in [5.74, 6) is -0.773. The molecule has 0 aliphatic carbocycles. The number of halogens is 2. The highest BCUT2D eigenvalue weighted by molar-refractivity contribution is 9.10. The Bertz CT molecular complexity index is 914. The number of rotatable bonds is 5. The molecule has 3 rings (SSSR count). The fraction of sp³-hybridized carbons (Fsp3) is 0.278. The topological polar surface area (TPSA) is 70.9 Å². The molecule has 1 fully saturated rings. The number of piperazine rings is 1. The predicted molar refractivity (Wildman–Crippen MR) is 103 cm³/mol. The molecule has 1 aliphatic rings. The van der Waals surface area contributed by atoms with Crippen molar-refractivity contribution in [3.63, 3.8) is 0 Å². The van der Waals surface area contributed by atoms with Gasteiger partial charge in [-0.05, 0) is 36.4 Å². The molecule has 2 N–H and O–H groups in total. The van der Waals surface area contributed by atoms with Crippen LogP contribution < -0.4 is 10.2 Å². The SMILES string of the molecule is O=C(C[NH+]1CCN(S(=O)(=O)c2ccc(Br)cc2)CC1)Nc1ccccc1F. The second-order valence-corrected chi connectivity index (χ2v) is 9.17. The second-order valence-electron chi connectivity index (χ2n) is 6.31. The van der Waals surface area contributed by atoms with Crippen LogP contribution in [-0.2, 0) is 14.8 Å². The minimum Gasteiger partial charge on any atom is -0.325 e. The molecule has 1 saturated heterocycles. The van der Waals surface area contributed by atoms with Crippen LogP contribution in [0.1, 0.15) is 0 Å². The van der Waals surface area contributed by atoms with Gasteiger partial charge < -0.3 is 10.2 Å². The van der Waals surface area contributed by atoms with Crippen LogP contribution >= 0.6 is 15.9 Å². The van der Waals surface area contributed by atoms with Crippen LogP contribution in [0.15, 0.2) is 57.9 Å². The minimum absolute atomic E-state index is 0.151. The Morgan fingerprint density at radius 3 is 2.37 bits per heavy atom. The standard InChI is InChI=1S/C18H19BrFN3O3S/c19-14-5-7-15(8-6-14)27(25,26)23-11-9-22(10-12-23)13-18(24)21-17-4-2-1-3-16(17)20/h1-8H,9-13H2,(H,21,24)/p+1. The van der Waals surface area contributed by atoms with Crippen molar-refractivity contribution < 1.29 is 22.5 Å². The molecule has 0 spiro atoms. The highest BCUT2D eigenvalue weighted by atomic mass is 79.9. The van der Waals surface area contributed by atoms with Gasteiger partial charge in [0.05, 0.1) is 36.8 Å². The van der Waals surface area contributed by atoms with Gasteiger partial charge in [-0.15, -0.1) is 0 Å². The number of quaternary nitrogens is 1. The molecule has 0 bridgehead atoms. The van der Waals surface area contributed by atoms with Crippen LogP contribution in [0, 0.1) is 5.82 Å². The number of carbonyl (C=O) groups excluding carboxylic acids is 1. The first-order chi connectivity index (χ1) is 12.9. The van der Waals surface area contributed by atoms with Crippen LogP contribution in [0.25, 0.3) is 0 Å². The lowest BCUT2D eigenvalue weighted by Gasteiger charge is -2.31. The summed E-state index contributed by atoms with van der Waals surface area (Å²) in [6.45, 7) is 1.86. The quantitative estimate of drug-likeness (QED) is 0.707. The van der Waals surface area contributed by atoms with Gasteiger partial charge in [-0.1, -0.05) is 28.1 Å². The van der Waals surface area contributed by atoms with E-state index in [9.17, 15) is 17.6 Å². The number of anilines is 1. The zero-order valence-electron chi connectivity index (χ0n) is 14.5. The van der Waals surface area contributed by atoms with Crippen molar-refractivity contribution in [3.05, 3.63) is 58.8 Å². The van der Waals surface area contributed by atoms with Gasteiger partial charge in [0.1, 0.15) is 5.82 Å². The molecule has 1 heterocycles. The third-order valence-corrected chi connectivity index (χ3v) is 6.88. The molecule has 1 amide bonds. The summed E-state index contributed by atoms with van der Waals surface area (Å²) in [6, 6.07) is 12.5. The first kappa shape index (κ1) is 19.9. The normalized spacial score (nSPS) is 16.2. The van der Waals surface area contributed by atoms with Crippen molar-refractivity contribution in [1.82, 2.24) is 4.31 Å². The van der Waals surface area contributed by atoms with Crippen LogP contribution in [0.3, 0.4) is 0 Å². The number of nitrogens with zero attached hydrogens (tertiary/aromatic N) is 1. The third-order valence-electron chi connectivity index (χ3n) is 4.44. The van der Waals surface area contributed by atoms with E-state index in [1.165, 1.54) is 16.4 Å². The Balaban J connectivity index is 1.55. The van der Waals surface area contributed by atoms with Gasteiger partial charge in [0, 0.05) is 4.47 Å². The minimum atomic E-state index is -3.54. The van der Waals surface area contributed by atoms with E-state index >= 15 is 0 Å². The molecule has 1 aliphatic heterocycles. The monoisotopic (exact) mass is 456 g/mol. The van der Waals surface area contributed by atoms with Crippen molar-refractivity contribution in [2.75, 3.05) is 38.0 Å². The van der Waals surface area contributed by atoms with Crippen LogP contribution in [-0.4, -0.2) is 51.4 Å². The van der Waals surface area contributed by atoms with Crippen LogP contribution in [0.2, 0.25) is 0 Å². The van der Waals surface area contributed by atoms with Gasteiger partial charge in [0.15, 0.2) is 6.54 Å². The Labute approximate surface area is 166 Å². The maximum atomic E-state index is 13.6. The molecule has 27 heavy (non-hydrogen) atoms. The fourth-order valence-corrected chi connectivity index (χ4v) is 4.67. The lowest BCUT2D eigenvalue weighted by atomic mass is 10.3. The van der Waals surface area contributed by atoms with E-state index in [0.29, 0.717) is 26.2 Å². The van der Waals surface area contributed by atoms with E-state index in [0.717, 1.165) is 9.37 Å². The van der Waals surface area contributed by atoms with Gasteiger partial charge >= 0.3 is 0 Å². The summed E-state index contributed by atoms with van der Waals surface area (Å²) < 4.78 is 41.2. The largest absolute Gasteiger partial charge is 0.325 e. The maximum absolute atomic E-state index is 13.6. The maximum Gasteiger partial charge on any atom is 0.279 e. The molecule has 2 aromatic rings. The molecule has 0 radical (unpaired) electrons. The molecular formula is C18H20BrFN3O3S+. The molecule has 9 heteroatoms. The van der Waals surface area contributed by atoms with Crippen molar-refractivity contribution >= 4 is 37.5 Å². The summed E-state index contributed by atoms with van der Waals surface area (Å²) >= 11 is 3.29. The predicted octanol–water partition coefficient (Wildman–Crippen LogP) is 1.12. The Kier molecular flexibility index (Phi) is 6.25. The van der Waals surface area contributed by atoms with Gasteiger partial charge in [0.25, 0.3) is 5.91 Å². The highest BCUT2D eigenvalue weighted by Crippen LogP contribution is 2.18. The van der Waals surface area contributed by atoms with Gasteiger partial charge in [-0.3, -0.25) is 4.79 Å². The number of sulfonamides is 1. The third kappa shape index (κ3) is 4.92. The lowest BCUT2D eigenvalue weighted by Crippen LogP contribution is -3.15. The van der Waals surface area contributed by atoms with Gasteiger partial charge in [-0.25, -0.2) is 12.8 Å². The zero-order chi connectivity index (χ0) is 19.4. The van der Waals surface area contributed by atoms with Gasteiger partial charge in [0.2, 0.25) is 10.0 Å². The van der Waals surface area contributed by atoms with Crippen LogP contribution in [0.4, 0.5) is 10.1 Å². The lowest BCUT2D eigenvalue weighted by molar-refractivity contribution is -0.895. The molecule has 0 saturated carbocycles. The Morgan fingerprint density at radius 2 is 1.74 bits per heavy atom. The Morgan fingerprint density at radius 1 is 1.11 bits per heavy atom. The first-order valence-electron chi connectivity index (χ1n) is 8.50. The zero-order valence-corrected chi connectivity index (χ0v) is 16.9. The number of hydrogen-bond acceptors (Lipinski definition) is 3. The summed E-state index contributed by atoms with van der Waals surface area (Å²) in [6.07, 6.45) is 0. The first-order valence-corrected chi connectivity index (χ1v) is 10.7. The van der Waals surface area contributed by atoms with E-state index < -0.39 is 15.8 Å². The number of carbonyl (C=O) groups is 1. The average Bonchev–Trinajstić information content (AvgIpc) is 2.64. The Hall–Kier alpha value is -1.81. The van der Waals surface area contributed by atoms with E-state index in [-0.39, 0.29) is 23.0 Å². The molecule has 0 aromatic heterocycles. The molecule has 0 atom stereocenters. The number of para-hydroxylation sites is 1. The fourth-order valence-electron chi connectivity index (χ4n) is 2.96. The van der Waals surface area contributed by atoms with E-state index in [1.807, 2.05) is 0 Å². The van der Waals surface area contributed by atoms with Crippen molar-refractivity contribution in [3.8, 4) is 0 Å². The van der Waals surface area contributed by atoms with Crippen molar-refractivity contribution in [2.45, 2.75) is 4.90 Å². The molecular weight excluding hydrogens is 437 g/mol. The number of hydrogen-bond donors (Lipinski definition) is 2. The summed E-state index contributed by atoms with van der Waals surface area (Å²) in [4.78, 5) is 13.3. The summed E-state index contributed by atoms with van der Waals surface area (Å²) in [7, 11) is -3.54. The number of benzene rings is 2. The smallest absolute Gasteiger partial charge is 0.279 e. The van der Waals surface area contributed by atoms with E-state index in [1.54, 1.807) is 36.4 Å².